The van der Waals surface area contributed by atoms with Crippen LogP contribution >= 0.6 is 11.6 Å². The number of carboxylic acid groups (broad SMARTS) is 1. The summed E-state index contributed by atoms with van der Waals surface area (Å²) in [7, 11) is 0. The third-order valence-corrected chi connectivity index (χ3v) is 7.15. The number of carbonyl (C=O) groups is 2. The summed E-state index contributed by atoms with van der Waals surface area (Å²) in [4.78, 5) is 26.3. The molecule has 3 aromatic rings. The molecular formula is C33H34ClNO5. The number of benzene rings is 3. The van der Waals surface area contributed by atoms with E-state index in [1.54, 1.807) is 31.2 Å². The van der Waals surface area contributed by atoms with Gasteiger partial charge in [-0.05, 0) is 48.6 Å². The lowest BCUT2D eigenvalue weighted by Crippen LogP contribution is -2.34. The van der Waals surface area contributed by atoms with Crippen LogP contribution in [0, 0.1) is 0 Å². The topological polar surface area (TPSA) is 84.9 Å². The van der Waals surface area contributed by atoms with Crippen molar-refractivity contribution in [3.05, 3.63) is 129 Å². The largest absolute Gasteiger partial charge is 0.478 e. The van der Waals surface area contributed by atoms with Gasteiger partial charge in [0, 0.05) is 23.2 Å². The van der Waals surface area contributed by atoms with Gasteiger partial charge in [0.2, 0.25) is 0 Å². The van der Waals surface area contributed by atoms with E-state index in [0.717, 1.165) is 17.5 Å². The van der Waals surface area contributed by atoms with E-state index in [0.29, 0.717) is 35.0 Å². The predicted molar refractivity (Wildman–Crippen MR) is 156 cm³/mol. The first-order valence-electron chi connectivity index (χ1n) is 13.4. The number of carboxylic acids is 1. The predicted octanol–water partition coefficient (Wildman–Crippen LogP) is 6.83. The molecule has 0 saturated heterocycles. The van der Waals surface area contributed by atoms with Crippen molar-refractivity contribution in [3.8, 4) is 0 Å². The third kappa shape index (κ3) is 7.00. The fourth-order valence-corrected chi connectivity index (χ4v) is 5.32. The molecule has 0 radical (unpaired) electrons. The maximum Gasteiger partial charge on any atom is 0.336 e. The molecule has 0 aliphatic carbocycles. The Morgan fingerprint density at radius 3 is 2.15 bits per heavy atom. The highest BCUT2D eigenvalue weighted by atomic mass is 35.5. The molecule has 1 unspecified atom stereocenters. The molecule has 0 spiro atoms. The first-order valence-corrected chi connectivity index (χ1v) is 13.8. The monoisotopic (exact) mass is 559 g/mol. The first kappa shape index (κ1) is 29.1. The highest BCUT2D eigenvalue weighted by Crippen LogP contribution is 2.40. The summed E-state index contributed by atoms with van der Waals surface area (Å²) in [5, 5.41) is 13.7. The molecule has 0 aromatic heterocycles. The Morgan fingerprint density at radius 2 is 1.57 bits per heavy atom. The second-order valence-corrected chi connectivity index (χ2v) is 10.1. The van der Waals surface area contributed by atoms with Gasteiger partial charge in [0.15, 0.2) is 0 Å². The van der Waals surface area contributed by atoms with E-state index in [-0.39, 0.29) is 30.3 Å². The Morgan fingerprint density at radius 1 is 0.925 bits per heavy atom. The van der Waals surface area contributed by atoms with Crippen LogP contribution in [0.4, 0.5) is 0 Å². The fraction of sp³-hybridized carbons (Fsp3) is 0.273. The fourth-order valence-electron chi connectivity index (χ4n) is 5.12. The number of ether oxygens (including phenoxy) is 2. The molecule has 2 N–H and O–H groups in total. The Bertz CT molecular complexity index is 1340. The van der Waals surface area contributed by atoms with Crippen molar-refractivity contribution in [1.82, 2.24) is 5.32 Å². The van der Waals surface area contributed by atoms with Crippen molar-refractivity contribution in [3.63, 3.8) is 0 Å². The molecule has 7 heteroatoms. The maximum atomic E-state index is 13.8. The molecule has 40 heavy (non-hydrogen) atoms. The van der Waals surface area contributed by atoms with Crippen LogP contribution in [0.25, 0.3) is 0 Å². The molecule has 1 aliphatic heterocycles. The Kier molecular flexibility index (Phi) is 10.2. The molecule has 208 valence electrons. The first-order chi connectivity index (χ1) is 19.4. The van der Waals surface area contributed by atoms with Gasteiger partial charge in [0.1, 0.15) is 0 Å². The highest BCUT2D eigenvalue weighted by molar-refractivity contribution is 6.30. The SMILES string of the molecule is CCCOCC1=C(C(=O)OCCC(c2ccccc2)c2ccccc2)C(c2cccc(Cl)c2)C(C(=O)O)=C(C)N1. The molecule has 0 bridgehead atoms. The summed E-state index contributed by atoms with van der Waals surface area (Å²) >= 11 is 6.29. The van der Waals surface area contributed by atoms with Crippen LogP contribution in [-0.4, -0.2) is 36.9 Å². The van der Waals surface area contributed by atoms with Gasteiger partial charge in [-0.2, -0.15) is 0 Å². The molecular weight excluding hydrogens is 526 g/mol. The Balaban J connectivity index is 1.65. The average Bonchev–Trinajstić information content (AvgIpc) is 2.95. The quantitative estimate of drug-likeness (QED) is 0.187. The minimum atomic E-state index is -1.12. The van der Waals surface area contributed by atoms with Crippen LogP contribution in [0.1, 0.15) is 55.2 Å². The summed E-state index contributed by atoms with van der Waals surface area (Å²) in [6, 6.07) is 27.1. The summed E-state index contributed by atoms with van der Waals surface area (Å²) in [5.74, 6) is -2.55. The number of aliphatic carboxylic acids is 1. The summed E-state index contributed by atoms with van der Waals surface area (Å²) in [6.07, 6.45) is 1.37. The summed E-state index contributed by atoms with van der Waals surface area (Å²) in [6.45, 7) is 4.45. The number of dihydropyridines is 1. The van der Waals surface area contributed by atoms with E-state index in [1.807, 2.05) is 43.3 Å². The van der Waals surface area contributed by atoms with Gasteiger partial charge in [-0.3, -0.25) is 0 Å². The molecule has 0 amide bonds. The second-order valence-electron chi connectivity index (χ2n) is 9.70. The van der Waals surface area contributed by atoms with Gasteiger partial charge in [-0.25, -0.2) is 9.59 Å². The van der Waals surface area contributed by atoms with Crippen molar-refractivity contribution in [2.45, 2.75) is 38.5 Å². The number of carbonyl (C=O) groups excluding carboxylic acids is 1. The smallest absolute Gasteiger partial charge is 0.336 e. The molecule has 1 aliphatic rings. The van der Waals surface area contributed by atoms with E-state index in [4.69, 9.17) is 21.1 Å². The number of rotatable bonds is 12. The van der Waals surface area contributed by atoms with Gasteiger partial charge >= 0.3 is 11.9 Å². The zero-order valence-corrected chi connectivity index (χ0v) is 23.5. The van der Waals surface area contributed by atoms with Gasteiger partial charge < -0.3 is 19.9 Å². The maximum absolute atomic E-state index is 13.8. The van der Waals surface area contributed by atoms with Crippen LogP contribution in [-0.2, 0) is 19.1 Å². The Labute approximate surface area is 240 Å². The van der Waals surface area contributed by atoms with Crippen LogP contribution in [0.2, 0.25) is 5.02 Å². The lowest BCUT2D eigenvalue weighted by atomic mass is 9.80. The van der Waals surface area contributed by atoms with Gasteiger partial charge in [0.05, 0.1) is 36.0 Å². The average molecular weight is 560 g/mol. The highest BCUT2D eigenvalue weighted by Gasteiger charge is 2.38. The van der Waals surface area contributed by atoms with E-state index in [1.165, 1.54) is 0 Å². The van der Waals surface area contributed by atoms with Crippen molar-refractivity contribution < 1.29 is 24.2 Å². The van der Waals surface area contributed by atoms with Gasteiger partial charge in [0.25, 0.3) is 0 Å². The third-order valence-electron chi connectivity index (χ3n) is 6.92. The minimum absolute atomic E-state index is 0.0291. The number of nitrogens with one attached hydrogen (secondary N) is 1. The minimum Gasteiger partial charge on any atom is -0.478 e. The van der Waals surface area contributed by atoms with Crippen molar-refractivity contribution in [1.29, 1.82) is 0 Å². The number of hydrogen-bond donors (Lipinski definition) is 2. The molecule has 6 nitrogen and oxygen atoms in total. The second kappa shape index (κ2) is 14.0. The lowest BCUT2D eigenvalue weighted by Gasteiger charge is -2.31. The number of hydrogen-bond acceptors (Lipinski definition) is 5. The zero-order valence-electron chi connectivity index (χ0n) is 22.7. The molecule has 0 fully saturated rings. The number of allylic oxidation sites excluding steroid dienone is 1. The van der Waals surface area contributed by atoms with E-state index < -0.39 is 17.9 Å². The lowest BCUT2D eigenvalue weighted by molar-refractivity contribution is -0.139. The van der Waals surface area contributed by atoms with Crippen molar-refractivity contribution >= 4 is 23.5 Å². The van der Waals surface area contributed by atoms with Crippen molar-refractivity contribution in [2.24, 2.45) is 0 Å². The normalized spacial score (nSPS) is 15.2. The van der Waals surface area contributed by atoms with Crippen molar-refractivity contribution in [2.75, 3.05) is 19.8 Å². The van der Waals surface area contributed by atoms with Gasteiger partial charge in [-0.1, -0.05) is 91.3 Å². The van der Waals surface area contributed by atoms with Gasteiger partial charge in [-0.15, -0.1) is 0 Å². The Hall–Kier alpha value is -3.87. The molecule has 1 atom stereocenters. The van der Waals surface area contributed by atoms with E-state index in [9.17, 15) is 14.7 Å². The van der Waals surface area contributed by atoms with Crippen LogP contribution in [0.5, 0.6) is 0 Å². The molecule has 1 heterocycles. The summed E-state index contributed by atoms with van der Waals surface area (Å²) < 4.78 is 11.7. The molecule has 3 aromatic carbocycles. The zero-order chi connectivity index (χ0) is 28.5. The van der Waals surface area contributed by atoms with Crippen LogP contribution < -0.4 is 5.32 Å². The van der Waals surface area contributed by atoms with Crippen LogP contribution in [0.15, 0.2) is 107 Å². The standard InChI is InChI=1S/C33H34ClNO5/c1-3-18-39-21-28-31(30(25-15-10-16-26(34)20-25)29(32(36)37)22(2)35-28)33(38)40-19-17-27(23-11-6-4-7-12-23)24-13-8-5-9-14-24/h4-16,20,27,30,35H,3,17-19,21H2,1-2H3,(H,36,37). The van der Waals surface area contributed by atoms with E-state index in [2.05, 4.69) is 29.6 Å². The van der Waals surface area contributed by atoms with E-state index >= 15 is 0 Å². The number of halogens is 1. The number of esters is 1. The molecule has 0 saturated carbocycles. The van der Waals surface area contributed by atoms with Crippen LogP contribution in [0.3, 0.4) is 0 Å². The molecule has 4 rings (SSSR count). The summed E-state index contributed by atoms with van der Waals surface area (Å²) in [5.41, 5.74) is 4.07.